The number of carbonyl (C=O) groups is 1. The number of thiophene rings is 1. The van der Waals surface area contributed by atoms with Gasteiger partial charge >= 0.3 is 5.97 Å². The average molecular weight is 235 g/mol. The summed E-state index contributed by atoms with van der Waals surface area (Å²) in [4.78, 5) is 17.2. The van der Waals surface area contributed by atoms with Crippen molar-refractivity contribution in [2.24, 2.45) is 0 Å². The lowest BCUT2D eigenvalue weighted by Crippen LogP contribution is -1.96. The molecule has 4 heteroatoms. The van der Waals surface area contributed by atoms with Gasteiger partial charge in [-0.3, -0.25) is 0 Å². The lowest BCUT2D eigenvalue weighted by Gasteiger charge is -1.96. The first-order valence-corrected chi connectivity index (χ1v) is 6.03. The molecule has 0 fully saturated rings. The van der Waals surface area contributed by atoms with Crippen LogP contribution in [-0.4, -0.2) is 18.1 Å². The van der Waals surface area contributed by atoms with Crippen molar-refractivity contribution in [2.75, 3.05) is 7.11 Å². The highest BCUT2D eigenvalue weighted by Gasteiger charge is 2.11. The summed E-state index contributed by atoms with van der Waals surface area (Å²) in [7, 11) is 1.39. The molecule has 84 valence electrons. The quantitative estimate of drug-likeness (QED) is 0.768. The number of aryl methyl sites for hydroxylation is 1. The largest absolute Gasteiger partial charge is 0.465 e. The summed E-state index contributed by atoms with van der Waals surface area (Å²) in [6.07, 6.45) is 4.00. The summed E-state index contributed by atoms with van der Waals surface area (Å²) in [5.74, 6) is -0.292. The van der Waals surface area contributed by atoms with Gasteiger partial charge in [0.25, 0.3) is 0 Å². The Labute approximate surface area is 98.1 Å². The standard InChI is InChI=1S/C12H13NO2S/c1-3-4-8-5-9-6-10(12(14)15-2)16-11(9)13-7-8/h5-7H,3-4H2,1-2H3. The summed E-state index contributed by atoms with van der Waals surface area (Å²) < 4.78 is 4.69. The van der Waals surface area contributed by atoms with E-state index in [0.29, 0.717) is 4.88 Å². The van der Waals surface area contributed by atoms with Crippen LogP contribution in [0, 0.1) is 0 Å². The number of ether oxygens (including phenoxy) is 1. The Morgan fingerprint density at radius 3 is 3.00 bits per heavy atom. The number of rotatable bonds is 3. The van der Waals surface area contributed by atoms with Crippen LogP contribution in [0.3, 0.4) is 0 Å². The Hall–Kier alpha value is -1.42. The van der Waals surface area contributed by atoms with Crippen LogP contribution in [0.1, 0.15) is 28.6 Å². The molecule has 2 rings (SSSR count). The lowest BCUT2D eigenvalue weighted by molar-refractivity contribution is 0.0606. The maximum Gasteiger partial charge on any atom is 0.348 e. The molecule has 0 atom stereocenters. The summed E-state index contributed by atoms with van der Waals surface area (Å²) in [6.45, 7) is 2.14. The molecule has 2 aromatic rings. The fraction of sp³-hybridized carbons (Fsp3) is 0.333. The molecular weight excluding hydrogens is 222 g/mol. The second-order valence-electron chi connectivity index (χ2n) is 3.59. The minimum atomic E-state index is -0.292. The van der Waals surface area contributed by atoms with E-state index in [9.17, 15) is 4.79 Å². The number of carbonyl (C=O) groups excluding carboxylic acids is 1. The molecule has 0 saturated carbocycles. The van der Waals surface area contributed by atoms with Crippen molar-refractivity contribution >= 4 is 27.5 Å². The highest BCUT2D eigenvalue weighted by Crippen LogP contribution is 2.25. The van der Waals surface area contributed by atoms with Crippen LogP contribution in [0.15, 0.2) is 18.3 Å². The molecule has 0 aromatic carbocycles. The third kappa shape index (κ3) is 2.07. The van der Waals surface area contributed by atoms with Crippen LogP contribution in [-0.2, 0) is 11.2 Å². The molecule has 0 aliphatic heterocycles. The molecule has 0 bridgehead atoms. The summed E-state index contributed by atoms with van der Waals surface area (Å²) in [5, 5.41) is 1.02. The fourth-order valence-corrected chi connectivity index (χ4v) is 2.51. The molecule has 0 spiro atoms. The van der Waals surface area contributed by atoms with Gasteiger partial charge in [0.2, 0.25) is 0 Å². The van der Waals surface area contributed by atoms with Crippen molar-refractivity contribution in [1.29, 1.82) is 0 Å². The Kier molecular flexibility index (Phi) is 3.19. The zero-order valence-corrected chi connectivity index (χ0v) is 10.1. The van der Waals surface area contributed by atoms with Gasteiger partial charge in [0.1, 0.15) is 9.71 Å². The summed E-state index contributed by atoms with van der Waals surface area (Å²) in [5.41, 5.74) is 1.21. The number of hydrogen-bond donors (Lipinski definition) is 0. The van der Waals surface area contributed by atoms with E-state index in [-0.39, 0.29) is 5.97 Å². The van der Waals surface area contributed by atoms with Gasteiger partial charge in [0, 0.05) is 11.6 Å². The molecule has 0 amide bonds. The molecule has 0 saturated heterocycles. The first kappa shape index (κ1) is 11.1. The van der Waals surface area contributed by atoms with Gasteiger partial charge in [-0.15, -0.1) is 11.3 Å². The SMILES string of the molecule is CCCc1cnc2sc(C(=O)OC)cc2c1. The molecular formula is C12H13NO2S. The van der Waals surface area contributed by atoms with Crippen molar-refractivity contribution < 1.29 is 9.53 Å². The van der Waals surface area contributed by atoms with Crippen molar-refractivity contribution in [3.63, 3.8) is 0 Å². The van der Waals surface area contributed by atoms with E-state index in [1.165, 1.54) is 24.0 Å². The topological polar surface area (TPSA) is 39.2 Å². The number of hydrogen-bond acceptors (Lipinski definition) is 4. The summed E-state index contributed by atoms with van der Waals surface area (Å²) >= 11 is 1.37. The van der Waals surface area contributed by atoms with Gasteiger partial charge in [0.05, 0.1) is 7.11 Å². The van der Waals surface area contributed by atoms with Gasteiger partial charge in [-0.25, -0.2) is 9.78 Å². The highest BCUT2D eigenvalue weighted by atomic mass is 32.1. The molecule has 16 heavy (non-hydrogen) atoms. The number of aromatic nitrogens is 1. The van der Waals surface area contributed by atoms with Crippen molar-refractivity contribution in [1.82, 2.24) is 4.98 Å². The Bertz CT molecular complexity index is 519. The van der Waals surface area contributed by atoms with Crippen LogP contribution in [0.25, 0.3) is 10.2 Å². The Morgan fingerprint density at radius 1 is 1.50 bits per heavy atom. The lowest BCUT2D eigenvalue weighted by atomic mass is 10.1. The third-order valence-corrected chi connectivity index (χ3v) is 3.39. The minimum Gasteiger partial charge on any atom is -0.465 e. The zero-order valence-electron chi connectivity index (χ0n) is 9.32. The first-order valence-electron chi connectivity index (χ1n) is 5.21. The number of fused-ring (bicyclic) bond motifs is 1. The van der Waals surface area contributed by atoms with E-state index >= 15 is 0 Å². The molecule has 2 heterocycles. The van der Waals surface area contributed by atoms with Gasteiger partial charge in [-0.05, 0) is 24.1 Å². The second-order valence-corrected chi connectivity index (χ2v) is 4.62. The first-order chi connectivity index (χ1) is 7.74. The molecule has 0 unspecified atom stereocenters. The van der Waals surface area contributed by atoms with E-state index in [4.69, 9.17) is 0 Å². The number of methoxy groups -OCH3 is 1. The van der Waals surface area contributed by atoms with Crippen LogP contribution in [0.5, 0.6) is 0 Å². The molecule has 0 N–H and O–H groups in total. The van der Waals surface area contributed by atoms with Crippen LogP contribution < -0.4 is 0 Å². The smallest absolute Gasteiger partial charge is 0.348 e. The van der Waals surface area contributed by atoms with E-state index in [0.717, 1.165) is 23.1 Å². The average Bonchev–Trinajstić information content (AvgIpc) is 2.71. The predicted octanol–water partition coefficient (Wildman–Crippen LogP) is 3.04. The Balaban J connectivity index is 2.41. The fourth-order valence-electron chi connectivity index (χ4n) is 1.60. The monoisotopic (exact) mass is 235 g/mol. The van der Waals surface area contributed by atoms with E-state index < -0.39 is 0 Å². The van der Waals surface area contributed by atoms with Crippen LogP contribution >= 0.6 is 11.3 Å². The van der Waals surface area contributed by atoms with E-state index in [1.807, 2.05) is 12.3 Å². The zero-order chi connectivity index (χ0) is 11.5. The van der Waals surface area contributed by atoms with Crippen molar-refractivity contribution in [3.8, 4) is 0 Å². The highest BCUT2D eigenvalue weighted by molar-refractivity contribution is 7.20. The second kappa shape index (κ2) is 4.61. The van der Waals surface area contributed by atoms with Gasteiger partial charge in [0.15, 0.2) is 0 Å². The maximum atomic E-state index is 11.4. The van der Waals surface area contributed by atoms with Crippen LogP contribution in [0.2, 0.25) is 0 Å². The van der Waals surface area contributed by atoms with E-state index in [2.05, 4.69) is 22.7 Å². The number of pyridine rings is 1. The van der Waals surface area contributed by atoms with Gasteiger partial charge in [-0.2, -0.15) is 0 Å². The molecule has 0 aliphatic rings. The van der Waals surface area contributed by atoms with E-state index in [1.54, 1.807) is 0 Å². The molecule has 0 radical (unpaired) electrons. The van der Waals surface area contributed by atoms with Crippen molar-refractivity contribution in [3.05, 3.63) is 28.8 Å². The normalized spacial score (nSPS) is 10.6. The number of nitrogens with zero attached hydrogens (tertiary/aromatic N) is 1. The molecule has 3 nitrogen and oxygen atoms in total. The number of esters is 1. The maximum absolute atomic E-state index is 11.4. The minimum absolute atomic E-state index is 0.292. The molecule has 2 aromatic heterocycles. The van der Waals surface area contributed by atoms with Gasteiger partial charge < -0.3 is 4.74 Å². The van der Waals surface area contributed by atoms with Gasteiger partial charge in [-0.1, -0.05) is 13.3 Å². The molecule has 0 aliphatic carbocycles. The Morgan fingerprint density at radius 2 is 2.31 bits per heavy atom. The van der Waals surface area contributed by atoms with Crippen molar-refractivity contribution in [2.45, 2.75) is 19.8 Å². The van der Waals surface area contributed by atoms with Crippen LogP contribution in [0.4, 0.5) is 0 Å². The third-order valence-electron chi connectivity index (χ3n) is 2.35. The predicted molar refractivity (Wildman–Crippen MR) is 65.0 cm³/mol. The summed E-state index contributed by atoms with van der Waals surface area (Å²) in [6, 6.07) is 3.94.